The summed E-state index contributed by atoms with van der Waals surface area (Å²) in [5.74, 6) is -0.335. The number of nitrogens with zero attached hydrogens (tertiary/aromatic N) is 2. The van der Waals surface area contributed by atoms with Crippen molar-refractivity contribution < 1.29 is 32.3 Å². The molecule has 0 saturated heterocycles. The van der Waals surface area contributed by atoms with Crippen molar-refractivity contribution in [1.82, 2.24) is 15.2 Å². The molecule has 218 valence electrons. The number of hydrogen-bond donors (Lipinski definition) is 3. The number of aromatic nitrogens is 1. The van der Waals surface area contributed by atoms with Crippen molar-refractivity contribution in [3.63, 3.8) is 0 Å². The Morgan fingerprint density at radius 1 is 1.07 bits per heavy atom. The molecule has 3 N–H and O–H groups in total. The van der Waals surface area contributed by atoms with Gasteiger partial charge < -0.3 is 20.7 Å². The highest BCUT2D eigenvalue weighted by Gasteiger charge is 2.51. The number of rotatable bonds is 8. The molecule has 4 amide bonds. The molecule has 1 spiro atoms. The number of fused-ring (bicyclic) bond motifs is 3. The maximum Gasteiger partial charge on any atom is 0.405 e. The summed E-state index contributed by atoms with van der Waals surface area (Å²) in [5.41, 5.74) is 0.817. The fourth-order valence-corrected chi connectivity index (χ4v) is 5.85. The Kier molecular flexibility index (Phi) is 7.48. The molecular weight excluding hydrogens is 551 g/mol. The third-order valence-corrected chi connectivity index (χ3v) is 7.94. The molecule has 0 bridgehead atoms. The van der Waals surface area contributed by atoms with Crippen molar-refractivity contribution in [1.29, 1.82) is 0 Å². The summed E-state index contributed by atoms with van der Waals surface area (Å²) in [6.07, 6.45) is -1.76. The van der Waals surface area contributed by atoms with E-state index in [1.54, 1.807) is 73.0 Å². The smallest absolute Gasteiger partial charge is 0.329 e. The molecule has 2 aromatic carbocycles. The minimum absolute atomic E-state index is 0.00650. The predicted molar refractivity (Wildman–Crippen MR) is 148 cm³/mol. The van der Waals surface area contributed by atoms with Crippen LogP contribution in [0, 0.1) is 0 Å². The van der Waals surface area contributed by atoms with Crippen LogP contribution in [-0.2, 0) is 38.2 Å². The largest absolute Gasteiger partial charge is 0.405 e. The van der Waals surface area contributed by atoms with Crippen LogP contribution in [-0.4, -0.2) is 53.3 Å². The van der Waals surface area contributed by atoms with Crippen molar-refractivity contribution in [2.75, 3.05) is 23.7 Å². The van der Waals surface area contributed by atoms with Crippen LogP contribution in [0.3, 0.4) is 0 Å². The van der Waals surface area contributed by atoms with Crippen LogP contribution in [0.15, 0.2) is 66.9 Å². The van der Waals surface area contributed by atoms with Crippen molar-refractivity contribution in [3.05, 3.63) is 89.1 Å². The summed E-state index contributed by atoms with van der Waals surface area (Å²) in [7, 11) is 0. The zero-order chi connectivity index (χ0) is 30.1. The van der Waals surface area contributed by atoms with Gasteiger partial charge in [0.15, 0.2) is 0 Å². The topological polar surface area (TPSA) is 120 Å². The van der Waals surface area contributed by atoms with Gasteiger partial charge in [-0.25, -0.2) is 9.78 Å². The summed E-state index contributed by atoms with van der Waals surface area (Å²) in [5, 5.41) is 7.33. The SMILES string of the molecule is CCC(C=O)(c1ccccc1)N(CC(=O)Nc1ccc2c(c1)C[C@@]1(C2)C(=O)Nc2ncccc21)C(=O)NCC(F)(F)F. The maximum absolute atomic E-state index is 13.3. The van der Waals surface area contributed by atoms with Gasteiger partial charge in [0.25, 0.3) is 0 Å². The lowest BCUT2D eigenvalue weighted by molar-refractivity contribution is -0.125. The molecule has 1 aromatic heterocycles. The number of amides is 4. The van der Waals surface area contributed by atoms with Gasteiger partial charge in [-0.2, -0.15) is 13.2 Å². The number of halogens is 3. The normalized spacial score (nSPS) is 18.4. The van der Waals surface area contributed by atoms with E-state index in [9.17, 15) is 32.3 Å². The second-order valence-corrected chi connectivity index (χ2v) is 10.4. The highest BCUT2D eigenvalue weighted by molar-refractivity contribution is 6.06. The van der Waals surface area contributed by atoms with E-state index in [2.05, 4.69) is 15.6 Å². The van der Waals surface area contributed by atoms with Gasteiger partial charge in [-0.15, -0.1) is 0 Å². The zero-order valence-electron chi connectivity index (χ0n) is 22.6. The molecule has 1 unspecified atom stereocenters. The van der Waals surface area contributed by atoms with E-state index < -0.39 is 42.2 Å². The van der Waals surface area contributed by atoms with Gasteiger partial charge in [0.1, 0.15) is 30.7 Å². The minimum atomic E-state index is -4.69. The third kappa shape index (κ3) is 5.19. The predicted octanol–water partition coefficient (Wildman–Crippen LogP) is 4.09. The fourth-order valence-electron chi connectivity index (χ4n) is 5.85. The first-order valence-corrected chi connectivity index (χ1v) is 13.3. The van der Waals surface area contributed by atoms with E-state index in [0.29, 0.717) is 36.2 Å². The number of anilines is 2. The van der Waals surface area contributed by atoms with Crippen LogP contribution in [0.2, 0.25) is 0 Å². The fraction of sp³-hybridized carbons (Fsp3) is 0.300. The van der Waals surface area contributed by atoms with Crippen LogP contribution < -0.4 is 16.0 Å². The minimum Gasteiger partial charge on any atom is -0.329 e. The summed E-state index contributed by atoms with van der Waals surface area (Å²) in [4.78, 5) is 56.9. The number of aldehydes is 1. The lowest BCUT2D eigenvalue weighted by Crippen LogP contribution is -2.57. The van der Waals surface area contributed by atoms with Crippen molar-refractivity contribution >= 4 is 35.6 Å². The molecule has 9 nitrogen and oxygen atoms in total. The lowest BCUT2D eigenvalue weighted by Gasteiger charge is -2.39. The Labute approximate surface area is 239 Å². The highest BCUT2D eigenvalue weighted by Crippen LogP contribution is 2.47. The van der Waals surface area contributed by atoms with Gasteiger partial charge in [0, 0.05) is 17.4 Å². The van der Waals surface area contributed by atoms with Gasteiger partial charge in [-0.1, -0.05) is 49.4 Å². The Morgan fingerprint density at radius 3 is 2.50 bits per heavy atom. The average molecular weight is 580 g/mol. The van der Waals surface area contributed by atoms with Gasteiger partial charge in [0.2, 0.25) is 11.8 Å². The molecule has 1 aliphatic carbocycles. The molecule has 12 heteroatoms. The molecular formula is C30H28F3N5O4. The van der Waals surface area contributed by atoms with E-state index in [1.807, 2.05) is 6.07 Å². The van der Waals surface area contributed by atoms with E-state index >= 15 is 0 Å². The van der Waals surface area contributed by atoms with Crippen LogP contribution >= 0.6 is 0 Å². The van der Waals surface area contributed by atoms with Crippen LogP contribution in [0.4, 0.5) is 29.5 Å². The van der Waals surface area contributed by atoms with E-state index in [0.717, 1.165) is 21.6 Å². The number of nitrogens with one attached hydrogen (secondary N) is 3. The van der Waals surface area contributed by atoms with Crippen molar-refractivity contribution in [3.8, 4) is 0 Å². The number of carbonyl (C=O) groups excluding carboxylic acids is 4. The molecule has 2 aliphatic rings. The van der Waals surface area contributed by atoms with E-state index in [1.165, 1.54) is 0 Å². The standard InChI is InChI=1S/C30H28F3N5O4/c1-2-29(18-39,21-7-4-3-5-8-21)38(27(42)35-17-30(31,32)33)16-24(40)36-22-11-10-19-14-28(15-20(19)13-22)23-9-6-12-34-25(23)37-26(28)41/h3-13,18H,2,14-17H2,1H3,(H,35,42)(H,36,40)(H,34,37,41)/t28-,29?/m1/s1. The number of benzene rings is 2. The maximum atomic E-state index is 13.3. The number of alkyl halides is 3. The molecule has 3 aromatic rings. The molecule has 0 radical (unpaired) electrons. The van der Waals surface area contributed by atoms with E-state index in [-0.39, 0.29) is 12.3 Å². The third-order valence-electron chi connectivity index (χ3n) is 7.94. The summed E-state index contributed by atoms with van der Waals surface area (Å²) in [6.45, 7) is -0.726. The average Bonchev–Trinajstić information content (AvgIpc) is 3.49. The lowest BCUT2D eigenvalue weighted by atomic mass is 9.79. The second-order valence-electron chi connectivity index (χ2n) is 10.4. The Bertz CT molecular complexity index is 1550. The van der Waals surface area contributed by atoms with Gasteiger partial charge in [-0.05, 0) is 54.2 Å². The Balaban J connectivity index is 1.38. The monoisotopic (exact) mass is 579 g/mol. The van der Waals surface area contributed by atoms with Crippen LogP contribution in [0.25, 0.3) is 0 Å². The molecule has 2 atom stereocenters. The summed E-state index contributed by atoms with van der Waals surface area (Å²) >= 11 is 0. The van der Waals surface area contributed by atoms with Gasteiger partial charge in [0.05, 0.1) is 5.41 Å². The quantitative estimate of drug-likeness (QED) is 0.348. The number of pyridine rings is 1. The van der Waals surface area contributed by atoms with Crippen LogP contribution in [0.1, 0.15) is 35.6 Å². The first-order valence-electron chi connectivity index (χ1n) is 13.3. The molecule has 0 saturated carbocycles. The molecule has 42 heavy (non-hydrogen) atoms. The van der Waals surface area contributed by atoms with Gasteiger partial charge >= 0.3 is 12.2 Å². The zero-order valence-corrected chi connectivity index (χ0v) is 22.6. The molecule has 1 aliphatic heterocycles. The Hall–Kier alpha value is -4.74. The summed E-state index contributed by atoms with van der Waals surface area (Å²) in [6, 6.07) is 15.7. The summed E-state index contributed by atoms with van der Waals surface area (Å²) < 4.78 is 38.8. The number of hydrogen-bond acceptors (Lipinski definition) is 5. The first kappa shape index (κ1) is 28.8. The second kappa shape index (κ2) is 10.9. The molecule has 2 heterocycles. The highest BCUT2D eigenvalue weighted by atomic mass is 19.4. The van der Waals surface area contributed by atoms with Crippen LogP contribution in [0.5, 0.6) is 0 Å². The number of urea groups is 1. The van der Waals surface area contributed by atoms with Gasteiger partial charge in [-0.3, -0.25) is 14.5 Å². The number of carbonyl (C=O) groups is 4. The first-order chi connectivity index (χ1) is 20.0. The molecule has 5 rings (SSSR count). The van der Waals surface area contributed by atoms with Crippen molar-refractivity contribution in [2.45, 2.75) is 43.3 Å². The Morgan fingerprint density at radius 2 is 1.81 bits per heavy atom. The van der Waals surface area contributed by atoms with E-state index in [4.69, 9.17) is 0 Å². The van der Waals surface area contributed by atoms with Crippen molar-refractivity contribution in [2.24, 2.45) is 0 Å². The molecule has 0 fully saturated rings.